The molecule has 2 rings (SSSR count). The van der Waals surface area contributed by atoms with Gasteiger partial charge in [0.15, 0.2) is 0 Å². The van der Waals surface area contributed by atoms with Gasteiger partial charge in [0.25, 0.3) is 0 Å². The van der Waals surface area contributed by atoms with Gasteiger partial charge in [0.05, 0.1) is 5.92 Å². The highest BCUT2D eigenvalue weighted by Gasteiger charge is 2.25. The average Bonchev–Trinajstić information content (AvgIpc) is 2.53. The van der Waals surface area contributed by atoms with Crippen molar-refractivity contribution < 1.29 is 14.6 Å². The zero-order valence-corrected chi connectivity index (χ0v) is 15.8. The van der Waals surface area contributed by atoms with Crippen molar-refractivity contribution in [3.05, 3.63) is 28.8 Å². The Morgan fingerprint density at radius 1 is 1.08 bits per heavy atom. The molecular weight excluding hydrogens is 300 g/mol. The molecule has 0 amide bonds. The fourth-order valence-electron chi connectivity index (χ4n) is 3.48. The van der Waals surface area contributed by atoms with Crippen LogP contribution < -0.4 is 0 Å². The number of esters is 1. The molecule has 3 nitrogen and oxygen atoms in total. The third kappa shape index (κ3) is 4.52. The maximum absolute atomic E-state index is 12.3. The predicted molar refractivity (Wildman–Crippen MR) is 97.2 cm³/mol. The second-order valence-corrected chi connectivity index (χ2v) is 8.00. The first kappa shape index (κ1) is 18.8. The predicted octanol–water partition coefficient (Wildman–Crippen LogP) is 5.51. The number of aromatic hydroxyl groups is 1. The quantitative estimate of drug-likeness (QED) is 0.723. The van der Waals surface area contributed by atoms with Gasteiger partial charge in [-0.15, -0.1) is 0 Å². The summed E-state index contributed by atoms with van der Waals surface area (Å²) < 4.78 is 5.59. The first-order valence-corrected chi connectivity index (χ1v) is 9.31. The van der Waals surface area contributed by atoms with Gasteiger partial charge in [-0.3, -0.25) is 4.79 Å². The monoisotopic (exact) mass is 332 g/mol. The summed E-state index contributed by atoms with van der Waals surface area (Å²) in [6.07, 6.45) is 4.13. The van der Waals surface area contributed by atoms with E-state index in [1.54, 1.807) is 0 Å². The lowest BCUT2D eigenvalue weighted by atomic mass is 9.83. The van der Waals surface area contributed by atoms with E-state index in [0.29, 0.717) is 12.4 Å². The van der Waals surface area contributed by atoms with Gasteiger partial charge in [-0.1, -0.05) is 34.6 Å². The first-order chi connectivity index (χ1) is 11.3. The number of phenolic OH excluding ortho intramolecular Hbond substituents is 1. The van der Waals surface area contributed by atoms with Crippen molar-refractivity contribution in [2.75, 3.05) is 0 Å². The van der Waals surface area contributed by atoms with Crippen LogP contribution in [-0.4, -0.2) is 11.1 Å². The summed E-state index contributed by atoms with van der Waals surface area (Å²) in [4.78, 5) is 12.3. The Kier molecular flexibility index (Phi) is 6.31. The molecule has 1 aliphatic rings. The maximum Gasteiger partial charge on any atom is 0.309 e. The van der Waals surface area contributed by atoms with Gasteiger partial charge in [0.1, 0.15) is 12.4 Å². The van der Waals surface area contributed by atoms with Gasteiger partial charge >= 0.3 is 5.97 Å². The van der Waals surface area contributed by atoms with Crippen LogP contribution in [0.15, 0.2) is 12.1 Å². The highest BCUT2D eigenvalue weighted by atomic mass is 16.5. The van der Waals surface area contributed by atoms with E-state index in [-0.39, 0.29) is 23.7 Å². The lowest BCUT2D eigenvalue weighted by Gasteiger charge is -2.24. The molecule has 0 aliphatic heterocycles. The second-order valence-electron chi connectivity index (χ2n) is 8.00. The van der Waals surface area contributed by atoms with E-state index in [1.165, 1.54) is 0 Å². The molecule has 0 atom stereocenters. The third-order valence-electron chi connectivity index (χ3n) is 5.20. The van der Waals surface area contributed by atoms with E-state index >= 15 is 0 Å². The molecular formula is C21H32O3. The van der Waals surface area contributed by atoms with E-state index in [4.69, 9.17) is 4.74 Å². The topological polar surface area (TPSA) is 46.5 Å². The largest absolute Gasteiger partial charge is 0.507 e. The van der Waals surface area contributed by atoms with Crippen molar-refractivity contribution in [2.45, 2.75) is 78.7 Å². The van der Waals surface area contributed by atoms with Crippen molar-refractivity contribution in [3.63, 3.8) is 0 Å². The highest BCUT2D eigenvalue weighted by Crippen LogP contribution is 2.35. The number of ether oxygens (including phenoxy) is 1. The van der Waals surface area contributed by atoms with E-state index in [9.17, 15) is 9.90 Å². The molecule has 0 unspecified atom stereocenters. The number of hydrogen-bond acceptors (Lipinski definition) is 3. The first-order valence-electron chi connectivity index (χ1n) is 9.31. The van der Waals surface area contributed by atoms with Crippen molar-refractivity contribution in [3.8, 4) is 5.75 Å². The van der Waals surface area contributed by atoms with Crippen LogP contribution in [0, 0.1) is 11.8 Å². The molecule has 0 aromatic heterocycles. The minimum atomic E-state index is -0.0628. The summed E-state index contributed by atoms with van der Waals surface area (Å²) in [5, 5.41) is 10.5. The number of hydrogen-bond donors (Lipinski definition) is 1. The normalized spacial score (nSPS) is 21.3. The van der Waals surface area contributed by atoms with E-state index in [0.717, 1.165) is 48.3 Å². The molecule has 0 bridgehead atoms. The van der Waals surface area contributed by atoms with Crippen LogP contribution in [0.5, 0.6) is 5.75 Å². The Labute approximate surface area is 146 Å². The summed E-state index contributed by atoms with van der Waals surface area (Å²) in [7, 11) is 0. The molecule has 1 N–H and O–H groups in total. The Bertz CT molecular complexity index is 537. The zero-order valence-electron chi connectivity index (χ0n) is 15.8. The lowest BCUT2D eigenvalue weighted by Crippen LogP contribution is -2.22. The Morgan fingerprint density at radius 2 is 1.58 bits per heavy atom. The van der Waals surface area contributed by atoms with Crippen LogP contribution >= 0.6 is 0 Å². The minimum Gasteiger partial charge on any atom is -0.507 e. The summed E-state index contributed by atoms with van der Waals surface area (Å²) in [5.41, 5.74) is 2.83. The molecule has 1 saturated carbocycles. The average molecular weight is 332 g/mol. The molecule has 0 radical (unpaired) electrons. The van der Waals surface area contributed by atoms with Crippen LogP contribution in [-0.2, 0) is 16.1 Å². The van der Waals surface area contributed by atoms with E-state index in [2.05, 4.69) is 34.6 Å². The van der Waals surface area contributed by atoms with Gasteiger partial charge in [-0.05, 0) is 72.3 Å². The molecule has 1 aromatic rings. The summed E-state index contributed by atoms with van der Waals surface area (Å²) in [5.74, 6) is 1.58. The SMILES string of the molecule is CC1CCC(C(=O)OCc2cc(C(C)C)c(O)c(C(C)C)c2)CC1. The smallest absolute Gasteiger partial charge is 0.309 e. The molecule has 0 spiro atoms. The van der Waals surface area contributed by atoms with Crippen LogP contribution in [0.1, 0.15) is 88.8 Å². The van der Waals surface area contributed by atoms with Crippen LogP contribution in [0.2, 0.25) is 0 Å². The van der Waals surface area contributed by atoms with Gasteiger partial charge in [-0.25, -0.2) is 0 Å². The lowest BCUT2D eigenvalue weighted by molar-refractivity contribution is -0.151. The maximum atomic E-state index is 12.3. The standard InChI is InChI=1S/C21H32O3/c1-13(2)18-10-16(11-19(14(3)4)20(18)22)12-24-21(23)17-8-6-15(5)7-9-17/h10-11,13-15,17,22H,6-9,12H2,1-5H3. The molecule has 134 valence electrons. The number of benzene rings is 1. The number of carbonyl (C=O) groups excluding carboxylic acids is 1. The zero-order chi connectivity index (χ0) is 17.9. The van der Waals surface area contributed by atoms with E-state index < -0.39 is 0 Å². The van der Waals surface area contributed by atoms with Gasteiger partial charge in [-0.2, -0.15) is 0 Å². The molecule has 1 aliphatic carbocycles. The van der Waals surface area contributed by atoms with Crippen molar-refractivity contribution >= 4 is 5.97 Å². The molecule has 0 saturated heterocycles. The third-order valence-corrected chi connectivity index (χ3v) is 5.20. The van der Waals surface area contributed by atoms with Crippen molar-refractivity contribution in [1.82, 2.24) is 0 Å². The fraction of sp³-hybridized carbons (Fsp3) is 0.667. The van der Waals surface area contributed by atoms with Crippen LogP contribution in [0.3, 0.4) is 0 Å². The van der Waals surface area contributed by atoms with Crippen molar-refractivity contribution in [2.24, 2.45) is 11.8 Å². The van der Waals surface area contributed by atoms with Gasteiger partial charge in [0.2, 0.25) is 0 Å². The molecule has 24 heavy (non-hydrogen) atoms. The molecule has 1 fully saturated rings. The van der Waals surface area contributed by atoms with Gasteiger partial charge < -0.3 is 9.84 Å². The second kappa shape index (κ2) is 8.04. The fourth-order valence-corrected chi connectivity index (χ4v) is 3.48. The Balaban J connectivity index is 2.07. The number of rotatable bonds is 5. The summed E-state index contributed by atoms with van der Waals surface area (Å²) >= 11 is 0. The Hall–Kier alpha value is -1.51. The van der Waals surface area contributed by atoms with Crippen LogP contribution in [0.25, 0.3) is 0 Å². The highest BCUT2D eigenvalue weighted by molar-refractivity contribution is 5.72. The van der Waals surface area contributed by atoms with Crippen molar-refractivity contribution in [1.29, 1.82) is 0 Å². The number of phenols is 1. The number of carbonyl (C=O) groups is 1. The molecule has 3 heteroatoms. The summed E-state index contributed by atoms with van der Waals surface area (Å²) in [6.45, 7) is 10.8. The molecule has 1 aromatic carbocycles. The van der Waals surface area contributed by atoms with Crippen LogP contribution in [0.4, 0.5) is 0 Å². The van der Waals surface area contributed by atoms with E-state index in [1.807, 2.05) is 12.1 Å². The van der Waals surface area contributed by atoms with Gasteiger partial charge in [0, 0.05) is 0 Å². The molecule has 0 heterocycles. The summed E-state index contributed by atoms with van der Waals surface area (Å²) in [6, 6.07) is 3.95. The Morgan fingerprint density at radius 3 is 2.04 bits per heavy atom. The minimum absolute atomic E-state index is 0.0625.